The molecule has 0 heterocycles. The Hall–Kier alpha value is -1.12. The molecule has 0 aliphatic heterocycles. The standard InChI is InChI=1S/C16H18BrN/c1-11-4-3-5-12(2)15(11)10-16(18)13-6-8-14(17)9-7-13/h3-9,16H,10,18H2,1-2H3. The maximum absolute atomic E-state index is 6.30. The first kappa shape index (κ1) is 13.3. The van der Waals surface area contributed by atoms with Gasteiger partial charge in [-0.3, -0.25) is 0 Å². The Morgan fingerprint density at radius 3 is 2.11 bits per heavy atom. The monoisotopic (exact) mass is 303 g/mol. The van der Waals surface area contributed by atoms with E-state index in [0.29, 0.717) is 0 Å². The second-order valence-electron chi connectivity index (χ2n) is 4.73. The predicted molar refractivity (Wildman–Crippen MR) is 80.7 cm³/mol. The summed E-state index contributed by atoms with van der Waals surface area (Å²) in [7, 11) is 0. The summed E-state index contributed by atoms with van der Waals surface area (Å²) in [6.45, 7) is 4.30. The zero-order chi connectivity index (χ0) is 13.1. The molecule has 2 aromatic rings. The van der Waals surface area contributed by atoms with E-state index in [1.54, 1.807) is 0 Å². The lowest BCUT2D eigenvalue weighted by atomic mass is 9.93. The molecule has 1 unspecified atom stereocenters. The molecule has 1 nitrogen and oxygen atoms in total. The molecule has 2 aromatic carbocycles. The van der Waals surface area contributed by atoms with E-state index in [0.717, 1.165) is 10.9 Å². The average molecular weight is 304 g/mol. The highest BCUT2D eigenvalue weighted by atomic mass is 79.9. The molecule has 0 fully saturated rings. The van der Waals surface area contributed by atoms with E-state index in [9.17, 15) is 0 Å². The van der Waals surface area contributed by atoms with Gasteiger partial charge >= 0.3 is 0 Å². The SMILES string of the molecule is Cc1cccc(C)c1CC(N)c1ccc(Br)cc1. The van der Waals surface area contributed by atoms with Gasteiger partial charge in [0.15, 0.2) is 0 Å². The summed E-state index contributed by atoms with van der Waals surface area (Å²) in [6, 6.07) is 14.7. The quantitative estimate of drug-likeness (QED) is 0.898. The Balaban J connectivity index is 2.21. The fraction of sp³-hybridized carbons (Fsp3) is 0.250. The van der Waals surface area contributed by atoms with Crippen molar-refractivity contribution < 1.29 is 0 Å². The van der Waals surface area contributed by atoms with Crippen LogP contribution in [0.4, 0.5) is 0 Å². The number of halogens is 1. The topological polar surface area (TPSA) is 26.0 Å². The minimum Gasteiger partial charge on any atom is -0.324 e. The zero-order valence-corrected chi connectivity index (χ0v) is 12.4. The molecule has 94 valence electrons. The summed E-state index contributed by atoms with van der Waals surface area (Å²) in [5, 5.41) is 0. The van der Waals surface area contributed by atoms with Crippen molar-refractivity contribution in [1.82, 2.24) is 0 Å². The van der Waals surface area contributed by atoms with Gasteiger partial charge < -0.3 is 5.73 Å². The largest absolute Gasteiger partial charge is 0.324 e. The highest BCUT2D eigenvalue weighted by molar-refractivity contribution is 9.10. The molecule has 0 aliphatic rings. The van der Waals surface area contributed by atoms with E-state index in [4.69, 9.17) is 5.73 Å². The Labute approximate surface area is 117 Å². The van der Waals surface area contributed by atoms with Crippen molar-refractivity contribution >= 4 is 15.9 Å². The summed E-state index contributed by atoms with van der Waals surface area (Å²) in [4.78, 5) is 0. The van der Waals surface area contributed by atoms with Crippen LogP contribution in [-0.4, -0.2) is 0 Å². The van der Waals surface area contributed by atoms with Crippen molar-refractivity contribution in [3.63, 3.8) is 0 Å². The predicted octanol–water partition coefficient (Wildman–Crippen LogP) is 4.31. The fourth-order valence-corrected chi connectivity index (χ4v) is 2.48. The molecule has 0 aromatic heterocycles. The molecule has 0 amide bonds. The fourth-order valence-electron chi connectivity index (χ4n) is 2.22. The van der Waals surface area contributed by atoms with E-state index in [1.807, 2.05) is 12.1 Å². The lowest BCUT2D eigenvalue weighted by molar-refractivity contribution is 0.715. The van der Waals surface area contributed by atoms with Gasteiger partial charge in [-0.25, -0.2) is 0 Å². The first-order chi connectivity index (χ1) is 8.58. The molecule has 1 atom stereocenters. The third-order valence-electron chi connectivity index (χ3n) is 3.37. The molecular formula is C16H18BrN. The van der Waals surface area contributed by atoms with Gasteiger partial charge in [0.1, 0.15) is 0 Å². The van der Waals surface area contributed by atoms with Crippen molar-refractivity contribution in [3.05, 3.63) is 69.2 Å². The highest BCUT2D eigenvalue weighted by Gasteiger charge is 2.10. The first-order valence-electron chi connectivity index (χ1n) is 6.14. The Bertz CT molecular complexity index is 511. The van der Waals surface area contributed by atoms with Crippen LogP contribution < -0.4 is 5.73 Å². The van der Waals surface area contributed by atoms with Crippen LogP contribution in [0.3, 0.4) is 0 Å². The summed E-state index contributed by atoms with van der Waals surface area (Å²) in [6.07, 6.45) is 0.889. The van der Waals surface area contributed by atoms with E-state index in [-0.39, 0.29) is 6.04 Å². The second kappa shape index (κ2) is 5.68. The molecule has 2 heteroatoms. The van der Waals surface area contributed by atoms with E-state index in [2.05, 4.69) is 60.1 Å². The van der Waals surface area contributed by atoms with Crippen LogP contribution in [0.25, 0.3) is 0 Å². The highest BCUT2D eigenvalue weighted by Crippen LogP contribution is 2.22. The second-order valence-corrected chi connectivity index (χ2v) is 5.65. The van der Waals surface area contributed by atoms with Crippen LogP contribution >= 0.6 is 15.9 Å². The molecule has 0 aliphatic carbocycles. The molecule has 0 bridgehead atoms. The number of benzene rings is 2. The number of aryl methyl sites for hydroxylation is 2. The van der Waals surface area contributed by atoms with Gasteiger partial charge in [0.2, 0.25) is 0 Å². The molecule has 2 N–H and O–H groups in total. The molecule has 0 saturated heterocycles. The van der Waals surface area contributed by atoms with Crippen molar-refractivity contribution in [1.29, 1.82) is 0 Å². The van der Waals surface area contributed by atoms with E-state index >= 15 is 0 Å². The van der Waals surface area contributed by atoms with Gasteiger partial charge in [-0.2, -0.15) is 0 Å². The van der Waals surface area contributed by atoms with Crippen molar-refractivity contribution in [2.75, 3.05) is 0 Å². The molecule has 0 saturated carbocycles. The van der Waals surface area contributed by atoms with Crippen LogP contribution in [0.2, 0.25) is 0 Å². The Morgan fingerprint density at radius 1 is 1.00 bits per heavy atom. The maximum Gasteiger partial charge on any atom is 0.0335 e. The Morgan fingerprint density at radius 2 is 1.56 bits per heavy atom. The maximum atomic E-state index is 6.30. The van der Waals surface area contributed by atoms with Gasteiger partial charge in [-0.15, -0.1) is 0 Å². The van der Waals surface area contributed by atoms with Crippen molar-refractivity contribution in [2.24, 2.45) is 5.73 Å². The summed E-state index contributed by atoms with van der Waals surface area (Å²) in [5.74, 6) is 0. The summed E-state index contributed by atoms with van der Waals surface area (Å²) >= 11 is 3.44. The lowest BCUT2D eigenvalue weighted by Gasteiger charge is -2.16. The van der Waals surface area contributed by atoms with Crippen molar-refractivity contribution in [3.8, 4) is 0 Å². The van der Waals surface area contributed by atoms with Gasteiger partial charge in [0.05, 0.1) is 0 Å². The zero-order valence-electron chi connectivity index (χ0n) is 10.8. The van der Waals surface area contributed by atoms with Gasteiger partial charge in [-0.1, -0.05) is 46.3 Å². The van der Waals surface area contributed by atoms with Crippen LogP contribution in [0, 0.1) is 13.8 Å². The number of hydrogen-bond acceptors (Lipinski definition) is 1. The number of nitrogens with two attached hydrogens (primary N) is 1. The average Bonchev–Trinajstić information content (AvgIpc) is 2.34. The normalized spacial score (nSPS) is 12.4. The third kappa shape index (κ3) is 3.01. The smallest absolute Gasteiger partial charge is 0.0335 e. The minimum atomic E-state index is 0.0536. The molecule has 2 rings (SSSR count). The molecule has 0 radical (unpaired) electrons. The number of rotatable bonds is 3. The van der Waals surface area contributed by atoms with Crippen LogP contribution in [-0.2, 0) is 6.42 Å². The van der Waals surface area contributed by atoms with E-state index < -0.39 is 0 Å². The van der Waals surface area contributed by atoms with Gasteiger partial charge in [-0.05, 0) is 54.7 Å². The minimum absolute atomic E-state index is 0.0536. The van der Waals surface area contributed by atoms with Crippen LogP contribution in [0.1, 0.15) is 28.3 Å². The summed E-state index contributed by atoms with van der Waals surface area (Å²) in [5.41, 5.74) is 11.5. The third-order valence-corrected chi connectivity index (χ3v) is 3.90. The van der Waals surface area contributed by atoms with Crippen molar-refractivity contribution in [2.45, 2.75) is 26.3 Å². The summed E-state index contributed by atoms with van der Waals surface area (Å²) < 4.78 is 1.09. The van der Waals surface area contributed by atoms with Crippen LogP contribution in [0.5, 0.6) is 0 Å². The first-order valence-corrected chi connectivity index (χ1v) is 6.93. The van der Waals surface area contributed by atoms with Gasteiger partial charge in [0, 0.05) is 10.5 Å². The van der Waals surface area contributed by atoms with Crippen LogP contribution in [0.15, 0.2) is 46.9 Å². The molecular weight excluding hydrogens is 286 g/mol. The van der Waals surface area contributed by atoms with Gasteiger partial charge in [0.25, 0.3) is 0 Å². The molecule has 0 spiro atoms. The molecule has 18 heavy (non-hydrogen) atoms. The number of hydrogen-bond donors (Lipinski definition) is 1. The lowest BCUT2D eigenvalue weighted by Crippen LogP contribution is -2.14. The van der Waals surface area contributed by atoms with E-state index in [1.165, 1.54) is 22.3 Å². The Kier molecular flexibility index (Phi) is 4.20.